The van der Waals surface area contributed by atoms with E-state index in [1.54, 1.807) is 0 Å². The van der Waals surface area contributed by atoms with Crippen molar-refractivity contribution in [1.82, 2.24) is 9.97 Å². The molecule has 5 nitrogen and oxygen atoms in total. The minimum absolute atomic E-state index is 0.0497. The van der Waals surface area contributed by atoms with Gasteiger partial charge in [0.1, 0.15) is 0 Å². The van der Waals surface area contributed by atoms with E-state index >= 15 is 0 Å². The van der Waals surface area contributed by atoms with Crippen LogP contribution >= 0.6 is 0 Å². The lowest BCUT2D eigenvalue weighted by molar-refractivity contribution is -0.0910. The number of rotatable bonds is 8. The smallest absolute Gasteiger partial charge is 0.0735 e. The van der Waals surface area contributed by atoms with E-state index in [0.29, 0.717) is 26.1 Å². The maximum absolute atomic E-state index is 10.4. The Morgan fingerprint density at radius 2 is 1.11 bits per heavy atom. The third-order valence-corrected chi connectivity index (χ3v) is 7.06. The Morgan fingerprint density at radius 1 is 0.649 bits per heavy atom. The van der Waals surface area contributed by atoms with Gasteiger partial charge in [-0.1, -0.05) is 60.7 Å². The summed E-state index contributed by atoms with van der Waals surface area (Å²) in [6.07, 6.45) is 5.25. The van der Waals surface area contributed by atoms with Crippen LogP contribution in [0.2, 0.25) is 0 Å². The Balaban J connectivity index is 1.13. The van der Waals surface area contributed by atoms with Gasteiger partial charge in [-0.15, -0.1) is 0 Å². The monoisotopic (exact) mass is 494 g/mol. The molecule has 4 aromatic rings. The maximum Gasteiger partial charge on any atom is 0.0735 e. The zero-order chi connectivity index (χ0) is 25.6. The highest BCUT2D eigenvalue weighted by atomic mass is 16.5. The molecule has 1 fully saturated rings. The molecule has 1 aliphatic rings. The van der Waals surface area contributed by atoms with Crippen molar-refractivity contribution in [1.29, 1.82) is 0 Å². The third kappa shape index (κ3) is 6.50. The van der Waals surface area contributed by atoms with E-state index < -0.39 is 6.10 Å². The molecular formula is C32H34N2O3. The molecule has 37 heavy (non-hydrogen) atoms. The Kier molecular flexibility index (Phi) is 8.05. The van der Waals surface area contributed by atoms with Crippen LogP contribution in [0.1, 0.15) is 41.5 Å². The summed E-state index contributed by atoms with van der Waals surface area (Å²) >= 11 is 0. The van der Waals surface area contributed by atoms with Gasteiger partial charge in [0.05, 0.1) is 42.9 Å². The van der Waals surface area contributed by atoms with Gasteiger partial charge in [-0.25, -0.2) is 0 Å². The fourth-order valence-electron chi connectivity index (χ4n) is 4.95. The van der Waals surface area contributed by atoms with Gasteiger partial charge in [0, 0.05) is 23.5 Å². The Hall–Kier alpha value is -3.38. The highest BCUT2D eigenvalue weighted by Crippen LogP contribution is 2.27. The third-order valence-electron chi connectivity index (χ3n) is 7.06. The van der Waals surface area contributed by atoms with E-state index in [2.05, 4.69) is 60.2 Å². The molecule has 190 valence electrons. The van der Waals surface area contributed by atoms with Crippen LogP contribution < -0.4 is 0 Å². The van der Waals surface area contributed by atoms with Crippen LogP contribution in [-0.2, 0) is 22.7 Å². The minimum Gasteiger partial charge on any atom is -0.393 e. The first-order chi connectivity index (χ1) is 18.0. The van der Waals surface area contributed by atoms with Gasteiger partial charge >= 0.3 is 0 Å². The molecule has 2 heterocycles. The van der Waals surface area contributed by atoms with Gasteiger partial charge in [0.2, 0.25) is 0 Å². The summed E-state index contributed by atoms with van der Waals surface area (Å²) in [5, 5.41) is 10.4. The number of aromatic nitrogens is 2. The van der Waals surface area contributed by atoms with Crippen molar-refractivity contribution in [3.8, 4) is 22.5 Å². The molecule has 0 radical (unpaired) electrons. The lowest BCUT2D eigenvalue weighted by atomic mass is 9.92. The molecule has 1 N–H and O–H groups in total. The molecule has 1 unspecified atom stereocenters. The topological polar surface area (TPSA) is 64.5 Å². The fourth-order valence-corrected chi connectivity index (χ4v) is 4.95. The molecule has 0 spiro atoms. The molecular weight excluding hydrogens is 460 g/mol. The van der Waals surface area contributed by atoms with E-state index in [1.807, 2.05) is 48.8 Å². The molecule has 0 saturated heterocycles. The lowest BCUT2D eigenvalue weighted by Gasteiger charge is -2.32. The second-order valence-corrected chi connectivity index (χ2v) is 9.96. The van der Waals surface area contributed by atoms with Crippen molar-refractivity contribution in [3.05, 3.63) is 107 Å². The summed E-state index contributed by atoms with van der Waals surface area (Å²) in [5.74, 6) is 0. The summed E-state index contributed by atoms with van der Waals surface area (Å²) in [6.45, 7) is 5.13. The first kappa shape index (κ1) is 25.3. The molecule has 5 heteroatoms. The second-order valence-electron chi connectivity index (χ2n) is 9.96. The van der Waals surface area contributed by atoms with E-state index in [9.17, 15) is 5.11 Å². The standard InChI is InChI=1S/C32H34N2O3/c1-22-7-3-5-9-29(22)31-13-11-24(18-33-31)20-36-27-15-26(35)16-28(17-27)37-21-25-12-14-32(34-19-25)30-10-6-4-8-23(30)2/h3-14,18-19,26-28,35H,15-17,20-21H2,1-2H3/t26?,27-,28+. The highest BCUT2D eigenvalue weighted by molar-refractivity contribution is 5.64. The molecule has 3 atom stereocenters. The predicted molar refractivity (Wildman–Crippen MR) is 146 cm³/mol. The minimum atomic E-state index is -0.424. The van der Waals surface area contributed by atoms with E-state index in [4.69, 9.17) is 9.47 Å². The Bertz CT molecular complexity index is 1200. The van der Waals surface area contributed by atoms with E-state index in [-0.39, 0.29) is 12.2 Å². The Morgan fingerprint density at radius 3 is 1.51 bits per heavy atom. The first-order valence-corrected chi connectivity index (χ1v) is 13.0. The van der Waals surface area contributed by atoms with Crippen LogP contribution in [0.15, 0.2) is 85.2 Å². The van der Waals surface area contributed by atoms with Crippen LogP contribution in [0.3, 0.4) is 0 Å². The highest BCUT2D eigenvalue weighted by Gasteiger charge is 2.29. The van der Waals surface area contributed by atoms with Crippen molar-refractivity contribution in [3.63, 3.8) is 0 Å². The van der Waals surface area contributed by atoms with Crippen molar-refractivity contribution in [2.45, 2.75) is 64.6 Å². The number of aliphatic hydroxyl groups excluding tert-OH is 1. The fraction of sp³-hybridized carbons (Fsp3) is 0.312. The molecule has 2 aromatic carbocycles. The van der Waals surface area contributed by atoms with Gasteiger partial charge < -0.3 is 14.6 Å². The van der Waals surface area contributed by atoms with Crippen LogP contribution in [0, 0.1) is 13.8 Å². The number of pyridine rings is 2. The van der Waals surface area contributed by atoms with Crippen LogP contribution in [0.5, 0.6) is 0 Å². The van der Waals surface area contributed by atoms with Crippen LogP contribution in [0.25, 0.3) is 22.5 Å². The van der Waals surface area contributed by atoms with Crippen LogP contribution in [0.4, 0.5) is 0 Å². The van der Waals surface area contributed by atoms with Crippen molar-refractivity contribution >= 4 is 0 Å². The van der Waals surface area contributed by atoms with Gasteiger partial charge in [-0.3, -0.25) is 9.97 Å². The predicted octanol–water partition coefficient (Wildman–Crippen LogP) is 6.44. The van der Waals surface area contributed by atoms with Gasteiger partial charge in [0.15, 0.2) is 0 Å². The number of hydrogen-bond donors (Lipinski definition) is 1. The summed E-state index contributed by atoms with van der Waals surface area (Å²) in [7, 11) is 0. The van der Waals surface area contributed by atoms with E-state index in [1.165, 1.54) is 11.1 Å². The maximum atomic E-state index is 10.4. The molecule has 2 aromatic heterocycles. The molecule has 0 aliphatic heterocycles. The first-order valence-electron chi connectivity index (χ1n) is 13.0. The second kappa shape index (κ2) is 11.8. The zero-order valence-electron chi connectivity index (χ0n) is 21.5. The van der Waals surface area contributed by atoms with Gasteiger partial charge in [-0.05, 0) is 67.5 Å². The van der Waals surface area contributed by atoms with Crippen molar-refractivity contribution < 1.29 is 14.6 Å². The number of hydrogen-bond acceptors (Lipinski definition) is 5. The molecule has 1 aliphatic carbocycles. The zero-order valence-corrected chi connectivity index (χ0v) is 21.5. The SMILES string of the molecule is Cc1ccccc1-c1ccc(CO[C@@H]2CC(O)C[C@H](OCc3ccc(-c4ccccc4C)nc3)C2)cn1. The van der Waals surface area contributed by atoms with Gasteiger partial charge in [0.25, 0.3) is 0 Å². The normalized spacial score (nSPS) is 19.6. The quantitative estimate of drug-likeness (QED) is 0.305. The average molecular weight is 495 g/mol. The number of benzene rings is 2. The summed E-state index contributed by atoms with van der Waals surface area (Å²) in [4.78, 5) is 9.27. The summed E-state index contributed by atoms with van der Waals surface area (Å²) in [6, 6.07) is 24.7. The average Bonchev–Trinajstić information content (AvgIpc) is 2.92. The molecule has 5 rings (SSSR count). The number of ether oxygens (including phenoxy) is 2. The Labute approximate surface area is 219 Å². The van der Waals surface area contributed by atoms with E-state index in [0.717, 1.165) is 40.1 Å². The largest absolute Gasteiger partial charge is 0.393 e. The molecule has 0 amide bonds. The summed E-state index contributed by atoms with van der Waals surface area (Å²) in [5.41, 5.74) is 8.67. The van der Waals surface area contributed by atoms with Crippen LogP contribution in [-0.4, -0.2) is 33.4 Å². The van der Waals surface area contributed by atoms with Gasteiger partial charge in [-0.2, -0.15) is 0 Å². The summed E-state index contributed by atoms with van der Waals surface area (Å²) < 4.78 is 12.3. The number of aryl methyl sites for hydroxylation is 2. The molecule has 0 bridgehead atoms. The van der Waals surface area contributed by atoms with Crippen molar-refractivity contribution in [2.75, 3.05) is 0 Å². The number of aliphatic hydroxyl groups is 1. The lowest BCUT2D eigenvalue weighted by Crippen LogP contribution is -2.35. The van der Waals surface area contributed by atoms with Crippen molar-refractivity contribution in [2.24, 2.45) is 0 Å². The number of nitrogens with zero attached hydrogens (tertiary/aromatic N) is 2. The molecule has 1 saturated carbocycles.